The van der Waals surface area contributed by atoms with Crippen LogP contribution in [0.2, 0.25) is 0 Å². The first kappa shape index (κ1) is 16.5. The number of aliphatic hydroxyl groups excluding tert-OH is 1. The van der Waals surface area contributed by atoms with Crippen LogP contribution < -0.4 is 4.74 Å². The normalized spacial score (nSPS) is 16.8. The molecular formula is C20H19N3O3. The van der Waals surface area contributed by atoms with E-state index in [1.54, 1.807) is 30.6 Å². The second-order valence-corrected chi connectivity index (χ2v) is 6.40. The highest BCUT2D eigenvalue weighted by Gasteiger charge is 2.25. The molecule has 0 aliphatic carbocycles. The molecule has 0 radical (unpaired) electrons. The Morgan fingerprint density at radius 2 is 2.04 bits per heavy atom. The molecule has 26 heavy (non-hydrogen) atoms. The number of rotatable bonds is 3. The number of pyridine rings is 2. The van der Waals surface area contributed by atoms with Gasteiger partial charge in [0.15, 0.2) is 0 Å². The number of aliphatic hydroxyl groups is 1. The molecule has 3 heterocycles. The third-order valence-electron chi connectivity index (χ3n) is 4.71. The molecule has 1 aromatic carbocycles. The zero-order valence-corrected chi connectivity index (χ0v) is 14.4. The van der Waals surface area contributed by atoms with Crippen molar-refractivity contribution in [1.82, 2.24) is 14.9 Å². The maximum Gasteiger partial charge on any atom is 0.255 e. The van der Waals surface area contributed by atoms with Gasteiger partial charge in [0.05, 0.1) is 30.5 Å². The van der Waals surface area contributed by atoms with Crippen LogP contribution in [0.25, 0.3) is 22.0 Å². The Morgan fingerprint density at radius 3 is 2.73 bits per heavy atom. The molecule has 1 fully saturated rings. The zero-order valence-electron chi connectivity index (χ0n) is 14.4. The number of ether oxygens (including phenoxy) is 1. The maximum atomic E-state index is 12.7. The van der Waals surface area contributed by atoms with Gasteiger partial charge in [-0.25, -0.2) is 0 Å². The lowest BCUT2D eigenvalue weighted by Gasteiger charge is -2.16. The molecule has 1 aliphatic heterocycles. The van der Waals surface area contributed by atoms with E-state index >= 15 is 0 Å². The predicted octanol–water partition coefficient (Wildman–Crippen LogP) is 2.51. The maximum absolute atomic E-state index is 12.7. The summed E-state index contributed by atoms with van der Waals surface area (Å²) in [5.74, 6) is 0.678. The summed E-state index contributed by atoms with van der Waals surface area (Å²) in [4.78, 5) is 23.1. The van der Waals surface area contributed by atoms with Crippen LogP contribution in [0.15, 0.2) is 48.9 Å². The van der Waals surface area contributed by atoms with Gasteiger partial charge in [0.2, 0.25) is 0 Å². The summed E-state index contributed by atoms with van der Waals surface area (Å²) in [6.07, 6.45) is 5.23. The molecule has 1 amide bonds. The molecule has 4 rings (SSSR count). The number of aromatic nitrogens is 2. The third kappa shape index (κ3) is 2.99. The lowest BCUT2D eigenvalue weighted by molar-refractivity contribution is 0.0765. The third-order valence-corrected chi connectivity index (χ3v) is 4.71. The Bertz CT molecular complexity index is 956. The van der Waals surface area contributed by atoms with Crippen LogP contribution in [-0.2, 0) is 0 Å². The summed E-state index contributed by atoms with van der Waals surface area (Å²) >= 11 is 0. The fraction of sp³-hybridized carbons (Fsp3) is 0.250. The Labute approximate surface area is 151 Å². The largest absolute Gasteiger partial charge is 0.497 e. The lowest BCUT2D eigenvalue weighted by Crippen LogP contribution is -2.29. The number of benzene rings is 1. The molecule has 1 saturated heterocycles. The van der Waals surface area contributed by atoms with Crippen molar-refractivity contribution in [1.29, 1.82) is 0 Å². The summed E-state index contributed by atoms with van der Waals surface area (Å²) in [7, 11) is 1.63. The highest BCUT2D eigenvalue weighted by atomic mass is 16.5. The van der Waals surface area contributed by atoms with Crippen LogP contribution in [0.4, 0.5) is 0 Å². The number of hydrogen-bond donors (Lipinski definition) is 1. The van der Waals surface area contributed by atoms with Crippen molar-refractivity contribution in [2.24, 2.45) is 0 Å². The quantitative estimate of drug-likeness (QED) is 0.786. The number of nitrogens with zero attached hydrogens (tertiary/aromatic N) is 3. The number of hydrogen-bond acceptors (Lipinski definition) is 5. The summed E-state index contributed by atoms with van der Waals surface area (Å²) in [5.41, 5.74) is 3.14. The standard InChI is InChI=1S/C20H19N3O3/c1-26-16-4-2-13(3-5-16)18-10-21-11-19-17(18)8-14(9-22-19)20(25)23-7-6-15(24)12-23/h2-5,8-11,15,24H,6-7,12H2,1H3/t15-/m1/s1. The highest BCUT2D eigenvalue weighted by Crippen LogP contribution is 2.29. The van der Waals surface area contributed by atoms with E-state index < -0.39 is 6.10 Å². The Hall–Kier alpha value is -2.99. The van der Waals surface area contributed by atoms with Crippen LogP contribution in [0.3, 0.4) is 0 Å². The van der Waals surface area contributed by atoms with Gasteiger partial charge in [-0.2, -0.15) is 0 Å². The molecular weight excluding hydrogens is 330 g/mol. The van der Waals surface area contributed by atoms with Gasteiger partial charge in [-0.3, -0.25) is 14.8 Å². The van der Waals surface area contributed by atoms with Crippen LogP contribution in [0.5, 0.6) is 5.75 Å². The minimum atomic E-state index is -0.438. The average Bonchev–Trinajstić information content (AvgIpc) is 3.13. The van der Waals surface area contributed by atoms with E-state index in [-0.39, 0.29) is 5.91 Å². The van der Waals surface area contributed by atoms with Crippen LogP contribution in [-0.4, -0.2) is 52.2 Å². The smallest absolute Gasteiger partial charge is 0.255 e. The summed E-state index contributed by atoms with van der Waals surface area (Å²) < 4.78 is 5.21. The van der Waals surface area contributed by atoms with Gasteiger partial charge in [0.1, 0.15) is 5.75 Å². The second kappa shape index (κ2) is 6.72. The first-order valence-corrected chi connectivity index (χ1v) is 8.51. The van der Waals surface area contributed by atoms with Crippen LogP contribution in [0.1, 0.15) is 16.8 Å². The summed E-state index contributed by atoms with van der Waals surface area (Å²) in [6, 6.07) is 9.56. The lowest BCUT2D eigenvalue weighted by atomic mass is 10.0. The molecule has 132 valence electrons. The zero-order chi connectivity index (χ0) is 18.1. The van der Waals surface area contributed by atoms with Crippen LogP contribution in [0, 0.1) is 0 Å². The van der Waals surface area contributed by atoms with Gasteiger partial charge in [0.25, 0.3) is 5.91 Å². The molecule has 3 aromatic rings. The Kier molecular flexibility index (Phi) is 4.26. The fourth-order valence-corrected chi connectivity index (χ4v) is 3.27. The first-order chi connectivity index (χ1) is 12.7. The Morgan fingerprint density at radius 1 is 1.23 bits per heavy atom. The first-order valence-electron chi connectivity index (χ1n) is 8.51. The number of carbonyl (C=O) groups excluding carboxylic acids is 1. The average molecular weight is 349 g/mol. The van der Waals surface area contributed by atoms with Crippen molar-refractivity contribution in [3.63, 3.8) is 0 Å². The molecule has 0 unspecified atom stereocenters. The number of fused-ring (bicyclic) bond motifs is 1. The van der Waals surface area contributed by atoms with E-state index in [1.165, 1.54) is 0 Å². The van der Waals surface area contributed by atoms with E-state index in [2.05, 4.69) is 9.97 Å². The molecule has 1 N–H and O–H groups in total. The monoisotopic (exact) mass is 349 g/mol. The molecule has 1 aliphatic rings. The summed E-state index contributed by atoms with van der Waals surface area (Å²) in [5, 5.41) is 10.5. The van der Waals surface area contributed by atoms with E-state index in [0.29, 0.717) is 25.1 Å². The van der Waals surface area contributed by atoms with Crippen molar-refractivity contribution in [3.8, 4) is 16.9 Å². The number of methoxy groups -OCH3 is 1. The SMILES string of the molecule is COc1ccc(-c2cncc3ncc(C(=O)N4CC[C@@H](O)C4)cc23)cc1. The number of carbonyl (C=O) groups is 1. The van der Waals surface area contributed by atoms with Gasteiger partial charge in [0, 0.05) is 36.4 Å². The van der Waals surface area contributed by atoms with E-state index in [4.69, 9.17) is 4.74 Å². The van der Waals surface area contributed by atoms with Gasteiger partial charge in [-0.1, -0.05) is 12.1 Å². The molecule has 2 aromatic heterocycles. The minimum absolute atomic E-state index is 0.103. The Balaban J connectivity index is 1.75. The van der Waals surface area contributed by atoms with Gasteiger partial charge >= 0.3 is 0 Å². The van der Waals surface area contributed by atoms with Gasteiger partial charge < -0.3 is 14.7 Å². The molecule has 6 nitrogen and oxygen atoms in total. The van der Waals surface area contributed by atoms with Crippen molar-refractivity contribution in [2.75, 3.05) is 20.2 Å². The fourth-order valence-electron chi connectivity index (χ4n) is 3.27. The summed E-state index contributed by atoms with van der Waals surface area (Å²) in [6.45, 7) is 0.943. The van der Waals surface area contributed by atoms with E-state index in [1.807, 2.05) is 30.3 Å². The molecule has 0 saturated carbocycles. The molecule has 6 heteroatoms. The van der Waals surface area contributed by atoms with E-state index in [0.717, 1.165) is 27.8 Å². The second-order valence-electron chi connectivity index (χ2n) is 6.40. The predicted molar refractivity (Wildman–Crippen MR) is 98.1 cm³/mol. The molecule has 1 atom stereocenters. The van der Waals surface area contributed by atoms with Crippen LogP contribution >= 0.6 is 0 Å². The minimum Gasteiger partial charge on any atom is -0.497 e. The van der Waals surface area contributed by atoms with E-state index in [9.17, 15) is 9.90 Å². The van der Waals surface area contributed by atoms with Crippen molar-refractivity contribution in [2.45, 2.75) is 12.5 Å². The molecule has 0 bridgehead atoms. The topological polar surface area (TPSA) is 75.6 Å². The van der Waals surface area contributed by atoms with Crippen molar-refractivity contribution >= 4 is 16.8 Å². The molecule has 0 spiro atoms. The van der Waals surface area contributed by atoms with Crippen molar-refractivity contribution < 1.29 is 14.6 Å². The van der Waals surface area contributed by atoms with Gasteiger partial charge in [-0.05, 0) is 30.2 Å². The number of amides is 1. The van der Waals surface area contributed by atoms with Crippen molar-refractivity contribution in [3.05, 3.63) is 54.5 Å². The number of likely N-dealkylation sites (tertiary alicyclic amines) is 1. The van der Waals surface area contributed by atoms with Gasteiger partial charge in [-0.15, -0.1) is 0 Å². The highest BCUT2D eigenvalue weighted by molar-refractivity contribution is 6.01. The number of β-amino-alcohol motifs (C(OH)–C–C–N with tert-alkyl or cyclic N) is 1.